The Morgan fingerprint density at radius 3 is 2.71 bits per heavy atom. The van der Waals surface area contributed by atoms with Crippen LogP contribution in [0, 0.1) is 12.8 Å². The molecule has 1 saturated carbocycles. The van der Waals surface area contributed by atoms with Crippen molar-refractivity contribution in [3.05, 3.63) is 59.2 Å². The molecule has 0 radical (unpaired) electrons. The van der Waals surface area contributed by atoms with Gasteiger partial charge in [0.05, 0.1) is 33.5 Å². The van der Waals surface area contributed by atoms with Crippen molar-refractivity contribution in [2.45, 2.75) is 59.0 Å². The fourth-order valence-corrected chi connectivity index (χ4v) is 6.28. The van der Waals surface area contributed by atoms with Crippen molar-refractivity contribution in [1.82, 2.24) is 4.98 Å². The van der Waals surface area contributed by atoms with Gasteiger partial charge in [-0.2, -0.15) is 0 Å². The number of nitrogens with zero attached hydrogens (tertiary/aromatic N) is 1. The maximum Gasteiger partial charge on any atom is 1.00 e. The van der Waals surface area contributed by atoms with Crippen molar-refractivity contribution in [2.24, 2.45) is 5.92 Å². The van der Waals surface area contributed by atoms with Crippen LogP contribution in [0.5, 0.6) is 5.75 Å². The number of aromatic nitrogens is 1. The van der Waals surface area contributed by atoms with E-state index in [9.17, 15) is 9.90 Å². The number of pyridine rings is 1. The molecule has 0 spiro atoms. The van der Waals surface area contributed by atoms with Gasteiger partial charge in [-0.3, -0.25) is 0 Å². The number of benzene rings is 2. The Hall–Kier alpha value is -1.92. The Bertz CT molecular complexity index is 1360. The molecule has 1 aliphatic rings. The molecule has 0 amide bonds. The fraction of sp³-hybridized carbons (Fsp3) is 0.357. The van der Waals surface area contributed by atoms with Gasteiger partial charge in [0.1, 0.15) is 5.75 Å². The number of carboxylic acid groups (broad SMARTS) is 1. The van der Waals surface area contributed by atoms with E-state index in [4.69, 9.17) is 9.72 Å². The fourth-order valence-electron chi connectivity index (χ4n) is 5.11. The zero-order valence-electron chi connectivity index (χ0n) is 20.3. The van der Waals surface area contributed by atoms with E-state index in [-0.39, 0.29) is 41.2 Å². The molecule has 1 fully saturated rings. The van der Waals surface area contributed by atoms with E-state index < -0.39 is 5.97 Å². The van der Waals surface area contributed by atoms with Crippen LogP contribution in [0.1, 0.15) is 61.0 Å². The van der Waals surface area contributed by atoms with Gasteiger partial charge in [0.25, 0.3) is 0 Å². The van der Waals surface area contributed by atoms with E-state index in [0.29, 0.717) is 28.3 Å². The average molecular weight is 482 g/mol. The van der Waals surface area contributed by atoms with Gasteiger partial charge in [0.2, 0.25) is 0 Å². The van der Waals surface area contributed by atoms with Crippen molar-refractivity contribution < 1.29 is 44.2 Å². The first-order valence-electron chi connectivity index (χ1n) is 11.8. The van der Waals surface area contributed by atoms with Crippen LogP contribution in [-0.4, -0.2) is 17.1 Å². The number of carboxylic acids is 1. The number of aromatic carboxylic acids is 1. The number of carbonyl (C=O) groups is 1. The van der Waals surface area contributed by atoms with E-state index >= 15 is 0 Å². The van der Waals surface area contributed by atoms with Gasteiger partial charge in [-0.1, -0.05) is 44.5 Å². The zero-order valence-corrected chi connectivity index (χ0v) is 23.1. The van der Waals surface area contributed by atoms with Gasteiger partial charge in [-0.15, -0.1) is 11.3 Å². The van der Waals surface area contributed by atoms with E-state index in [1.54, 1.807) is 17.4 Å². The minimum atomic E-state index is -1.20. The predicted octanol–water partition coefficient (Wildman–Crippen LogP) is 3.31. The predicted molar refractivity (Wildman–Crippen MR) is 133 cm³/mol. The summed E-state index contributed by atoms with van der Waals surface area (Å²) in [5.74, 6) is 0.0244. The molecule has 0 N–H and O–H groups in total. The second kappa shape index (κ2) is 10.4. The number of ether oxygens (including phenoxy) is 1. The molecule has 170 valence electrons. The Labute approximate surface area is 226 Å². The molecule has 0 bridgehead atoms. The van der Waals surface area contributed by atoms with Crippen molar-refractivity contribution in [2.75, 3.05) is 0 Å². The Kier molecular flexibility index (Phi) is 7.68. The molecular formula is C28H28NNaO3S. The molecule has 2 atom stereocenters. The van der Waals surface area contributed by atoms with E-state index in [2.05, 4.69) is 32.9 Å². The summed E-state index contributed by atoms with van der Waals surface area (Å²) in [6.45, 7) is 6.39. The van der Waals surface area contributed by atoms with Crippen LogP contribution in [0.4, 0.5) is 0 Å². The Morgan fingerprint density at radius 1 is 1.21 bits per heavy atom. The molecule has 5 rings (SSSR count). The summed E-state index contributed by atoms with van der Waals surface area (Å²) < 4.78 is 7.59. The van der Waals surface area contributed by atoms with Crippen LogP contribution < -0.4 is 39.4 Å². The number of aryl methyl sites for hydroxylation is 2. The largest absolute Gasteiger partial charge is 1.00 e. The number of thiophene rings is 1. The summed E-state index contributed by atoms with van der Waals surface area (Å²) >= 11 is 1.65. The van der Waals surface area contributed by atoms with Crippen LogP contribution in [0.25, 0.3) is 31.6 Å². The number of rotatable bonds is 5. The maximum atomic E-state index is 12.4. The third-order valence-electron chi connectivity index (χ3n) is 6.86. The van der Waals surface area contributed by atoms with Crippen LogP contribution >= 0.6 is 11.3 Å². The first-order valence-corrected chi connectivity index (χ1v) is 12.6. The number of hydrogen-bond acceptors (Lipinski definition) is 5. The Morgan fingerprint density at radius 2 is 2.00 bits per heavy atom. The summed E-state index contributed by atoms with van der Waals surface area (Å²) in [6, 6.07) is 13.8. The van der Waals surface area contributed by atoms with Crippen LogP contribution in [0.15, 0.2) is 42.5 Å². The van der Waals surface area contributed by atoms with Crippen LogP contribution in [0.2, 0.25) is 0 Å². The molecule has 0 saturated heterocycles. The monoisotopic (exact) mass is 481 g/mol. The summed E-state index contributed by atoms with van der Waals surface area (Å²) in [4.78, 5) is 18.4. The molecule has 34 heavy (non-hydrogen) atoms. The first-order chi connectivity index (χ1) is 16.0. The van der Waals surface area contributed by atoms with Gasteiger partial charge in [0.15, 0.2) is 0 Å². The molecule has 0 unspecified atom stereocenters. The van der Waals surface area contributed by atoms with Crippen LogP contribution in [0.3, 0.4) is 0 Å². The third kappa shape index (κ3) is 4.64. The Balaban J connectivity index is 0.00000274. The zero-order chi connectivity index (χ0) is 23.1. The minimum absolute atomic E-state index is 0. The summed E-state index contributed by atoms with van der Waals surface area (Å²) in [5, 5.41) is 14.1. The van der Waals surface area contributed by atoms with Crippen LogP contribution in [-0.2, 0) is 6.42 Å². The summed E-state index contributed by atoms with van der Waals surface area (Å²) in [7, 11) is 0. The summed E-state index contributed by atoms with van der Waals surface area (Å²) in [6.07, 6.45) is 5.20. The van der Waals surface area contributed by atoms with E-state index in [0.717, 1.165) is 41.7 Å². The van der Waals surface area contributed by atoms with E-state index in [1.165, 1.54) is 16.5 Å². The van der Waals surface area contributed by atoms with Gasteiger partial charge in [-0.05, 0) is 73.2 Å². The number of hydrogen-bond donors (Lipinski definition) is 0. The number of carbonyl (C=O) groups excluding carboxylic acids is 1. The normalized spacial score (nSPS) is 18.1. The van der Waals surface area contributed by atoms with Crippen molar-refractivity contribution in [3.8, 4) is 16.3 Å². The molecule has 1 aliphatic carbocycles. The summed E-state index contributed by atoms with van der Waals surface area (Å²) in [5.41, 5.74) is 3.66. The molecule has 4 aromatic rings. The second-order valence-corrected chi connectivity index (χ2v) is 10.3. The standard InChI is InChI=1S/C28H29NO3S.Na/c1-4-18-12-13-23(32-19-9-7-8-16(2)14-19)25-21(28(30)31)15-22(29-26(18)25)27-17(3)20-10-5-6-11-24(20)33-27;/h5-6,10-13,15-16,19H,4,7-9,14H2,1-3H3,(H,30,31);/q;+1/p-1/t16-,19-;/m1./s1. The second-order valence-electron chi connectivity index (χ2n) is 9.21. The SMILES string of the molecule is CCc1ccc(O[C@@H]2CCC[C@@H](C)C2)c2c(C(=O)[O-])cc(-c3sc4ccccc4c3C)nc12.[Na+]. The van der Waals surface area contributed by atoms with Gasteiger partial charge in [0, 0.05) is 10.3 Å². The quantitative estimate of drug-likeness (QED) is 0.411. The van der Waals surface area contributed by atoms with Crippen molar-refractivity contribution in [3.63, 3.8) is 0 Å². The molecule has 2 heterocycles. The van der Waals surface area contributed by atoms with Gasteiger partial charge in [-0.25, -0.2) is 4.98 Å². The van der Waals surface area contributed by atoms with Crippen molar-refractivity contribution >= 4 is 38.3 Å². The third-order valence-corrected chi connectivity index (χ3v) is 8.16. The number of fused-ring (bicyclic) bond motifs is 2. The molecule has 2 aromatic heterocycles. The first kappa shape index (κ1) is 25.2. The van der Waals surface area contributed by atoms with Gasteiger partial charge >= 0.3 is 29.6 Å². The molecular weight excluding hydrogens is 453 g/mol. The molecule has 6 heteroatoms. The molecule has 4 nitrogen and oxygen atoms in total. The minimum Gasteiger partial charge on any atom is -0.545 e. The average Bonchev–Trinajstić information content (AvgIpc) is 3.15. The smallest absolute Gasteiger partial charge is 0.545 e. The molecule has 0 aliphatic heterocycles. The van der Waals surface area contributed by atoms with Gasteiger partial charge < -0.3 is 14.6 Å². The maximum absolute atomic E-state index is 12.4. The van der Waals surface area contributed by atoms with E-state index in [1.807, 2.05) is 24.3 Å². The topological polar surface area (TPSA) is 62.2 Å². The molecule has 2 aromatic carbocycles. The van der Waals surface area contributed by atoms with Crippen molar-refractivity contribution in [1.29, 1.82) is 0 Å².